The zero-order chi connectivity index (χ0) is 16.5. The number of non-ortho nitro benzene ring substituents is 1. The number of nitro groups is 1. The zero-order valence-electron chi connectivity index (χ0n) is 12.4. The van der Waals surface area contributed by atoms with E-state index in [2.05, 4.69) is 10.6 Å². The first-order valence-corrected chi connectivity index (χ1v) is 6.75. The summed E-state index contributed by atoms with van der Waals surface area (Å²) >= 11 is 0. The van der Waals surface area contributed by atoms with Crippen molar-refractivity contribution in [3.05, 3.63) is 109 Å². The first-order valence-electron chi connectivity index (χ1n) is 6.75. The summed E-state index contributed by atoms with van der Waals surface area (Å²) < 4.78 is 0. The van der Waals surface area contributed by atoms with E-state index in [1.165, 1.54) is 24.3 Å². The minimum atomic E-state index is -0.693. The third kappa shape index (κ3) is 7.32. The second-order valence-corrected chi connectivity index (χ2v) is 4.39. The number of carbonyl (C=O) groups excluding carboxylic acids is 1. The normalized spacial score (nSPS) is 16.5. The predicted octanol–water partition coefficient (Wildman–Crippen LogP) is 4.48. The van der Waals surface area contributed by atoms with Gasteiger partial charge in [0, 0.05) is 12.1 Å². The molecule has 1 aromatic rings. The molecule has 2 aliphatic rings. The average molecular weight is 363 g/mol. The Kier molecular flexibility index (Phi) is 9.42. The van der Waals surface area contributed by atoms with Crippen LogP contribution in [0.25, 0.3) is 10.6 Å². The Labute approximate surface area is 153 Å². The fourth-order valence-corrected chi connectivity index (χ4v) is 1.68. The van der Waals surface area contributed by atoms with E-state index in [-0.39, 0.29) is 28.4 Å². The van der Waals surface area contributed by atoms with Crippen molar-refractivity contribution in [3.63, 3.8) is 0 Å². The molecule has 0 bridgehead atoms. The summed E-state index contributed by atoms with van der Waals surface area (Å²) in [4.78, 5) is 21.5. The van der Waals surface area contributed by atoms with Crippen molar-refractivity contribution in [2.45, 2.75) is 0 Å². The molecule has 0 aromatic heterocycles. The maximum Gasteiger partial charge on any atom is 2.00 e. The molecule has 0 atom stereocenters. The molecule has 2 fully saturated rings. The van der Waals surface area contributed by atoms with Crippen molar-refractivity contribution in [1.29, 1.82) is 0 Å². The van der Waals surface area contributed by atoms with Gasteiger partial charge in [-0.25, -0.2) is 0 Å². The van der Waals surface area contributed by atoms with Crippen LogP contribution in [0.5, 0.6) is 0 Å². The SMILES string of the molecule is O=C([N-][C]1[CH][CH][CH][CH]1)[N-]c1cccc([N+](=O)[O-])c1.[CH]1[CH][CH][CH][CH]1.[Fe+2]. The first kappa shape index (κ1) is 20.5. The fraction of sp³-hybridized carbons (Fsp3) is 0. The third-order valence-electron chi connectivity index (χ3n) is 2.69. The van der Waals surface area contributed by atoms with Crippen LogP contribution in [0.2, 0.25) is 0 Å². The van der Waals surface area contributed by atoms with E-state index in [0.29, 0.717) is 6.04 Å². The van der Waals surface area contributed by atoms with Crippen LogP contribution >= 0.6 is 0 Å². The molecule has 0 aliphatic heterocycles. The molecule has 0 spiro atoms. The Balaban J connectivity index is 0.000000412. The number of carbonyl (C=O) groups is 1. The molecular weight excluding hydrogens is 350 g/mol. The van der Waals surface area contributed by atoms with Crippen molar-refractivity contribution >= 4 is 17.4 Å². The van der Waals surface area contributed by atoms with Gasteiger partial charge in [-0.2, -0.15) is 0 Å². The Hall–Kier alpha value is -1.59. The van der Waals surface area contributed by atoms with Crippen molar-refractivity contribution < 1.29 is 26.8 Å². The monoisotopic (exact) mass is 363 g/mol. The number of hydrogen-bond acceptors (Lipinski definition) is 3. The summed E-state index contributed by atoms with van der Waals surface area (Å²) in [5, 5.41) is 17.9. The molecule has 2 amide bonds. The van der Waals surface area contributed by atoms with Crippen LogP contribution in [0, 0.1) is 73.9 Å². The van der Waals surface area contributed by atoms with Crippen LogP contribution in [0.1, 0.15) is 0 Å². The van der Waals surface area contributed by atoms with Gasteiger partial charge in [-0.15, -0.1) is 11.7 Å². The molecule has 0 heterocycles. The van der Waals surface area contributed by atoms with Crippen molar-refractivity contribution in [2.75, 3.05) is 0 Å². The number of hydrogen-bond donors (Lipinski definition) is 0. The predicted molar refractivity (Wildman–Crippen MR) is 86.8 cm³/mol. The van der Waals surface area contributed by atoms with Gasteiger partial charge < -0.3 is 15.4 Å². The molecule has 2 aliphatic carbocycles. The van der Waals surface area contributed by atoms with Gasteiger partial charge in [0.1, 0.15) is 0 Å². The number of urea groups is 1. The number of nitro benzene ring substituents is 1. The van der Waals surface area contributed by atoms with Gasteiger partial charge >= 0.3 is 17.1 Å². The van der Waals surface area contributed by atoms with Crippen molar-refractivity contribution in [3.8, 4) is 0 Å². The Morgan fingerprint density at radius 2 is 1.50 bits per heavy atom. The van der Waals surface area contributed by atoms with Gasteiger partial charge in [-0.05, 0) is 63.8 Å². The molecule has 1 aromatic carbocycles. The topological polar surface area (TPSA) is 88.4 Å². The minimum absolute atomic E-state index is 0. The van der Waals surface area contributed by atoms with Crippen molar-refractivity contribution in [2.24, 2.45) is 0 Å². The van der Waals surface area contributed by atoms with E-state index in [4.69, 9.17) is 0 Å². The molecule has 2 saturated carbocycles. The van der Waals surface area contributed by atoms with E-state index in [1.807, 2.05) is 32.1 Å². The number of rotatable bonds is 3. The Morgan fingerprint density at radius 1 is 0.917 bits per heavy atom. The molecule has 7 heteroatoms. The molecule has 6 nitrogen and oxygen atoms in total. The van der Waals surface area contributed by atoms with E-state index in [1.54, 1.807) is 25.7 Å². The van der Waals surface area contributed by atoms with Gasteiger partial charge in [-0.3, -0.25) is 10.1 Å². The van der Waals surface area contributed by atoms with E-state index in [0.717, 1.165) is 0 Å². The van der Waals surface area contributed by atoms with Gasteiger partial charge in [-0.1, -0.05) is 12.1 Å². The molecule has 10 radical (unpaired) electrons. The summed E-state index contributed by atoms with van der Waals surface area (Å²) in [6.07, 6.45) is 16.8. The van der Waals surface area contributed by atoms with E-state index >= 15 is 0 Å². The van der Waals surface area contributed by atoms with Crippen LogP contribution < -0.4 is 0 Å². The summed E-state index contributed by atoms with van der Waals surface area (Å²) in [5.41, 5.74) is 0.0990. The molecule has 122 valence electrons. The molecular formula is C17H13FeN3O3. The van der Waals surface area contributed by atoms with E-state index in [9.17, 15) is 14.9 Å². The standard InChI is InChI=1S/C12H9N3O3.C5H5.Fe/c16-12(13-9-4-1-2-5-9)14-10-6-3-7-11(8-10)15(17)18;1-2-4-5-3-1;/h1-8H,(H-,13,14,16);1-5H;/q-1;;+2/p-1. The summed E-state index contributed by atoms with van der Waals surface area (Å²) in [5.74, 6) is 0. The minimum Gasteiger partial charge on any atom is -0.664 e. The molecule has 24 heavy (non-hydrogen) atoms. The Morgan fingerprint density at radius 3 is 2.04 bits per heavy atom. The second kappa shape index (κ2) is 11.0. The van der Waals surface area contributed by atoms with Crippen LogP contribution in [-0.2, 0) is 17.1 Å². The Bertz CT molecular complexity index is 522. The maximum absolute atomic E-state index is 11.5. The van der Waals surface area contributed by atoms with Gasteiger partial charge in [0.25, 0.3) is 5.69 Å². The van der Waals surface area contributed by atoms with Crippen LogP contribution in [-0.4, -0.2) is 11.0 Å². The molecule has 3 rings (SSSR count). The first-order chi connectivity index (χ1) is 11.1. The molecule has 0 N–H and O–H groups in total. The van der Waals surface area contributed by atoms with Gasteiger partial charge in [0.05, 0.1) is 4.92 Å². The third-order valence-corrected chi connectivity index (χ3v) is 2.69. The quantitative estimate of drug-likeness (QED) is 0.451. The summed E-state index contributed by atoms with van der Waals surface area (Å²) in [6, 6.07) is 5.34. The van der Waals surface area contributed by atoms with Crippen LogP contribution in [0.4, 0.5) is 16.2 Å². The van der Waals surface area contributed by atoms with Gasteiger partial charge in [0.2, 0.25) is 0 Å². The van der Waals surface area contributed by atoms with Gasteiger partial charge in [0.15, 0.2) is 0 Å². The summed E-state index contributed by atoms with van der Waals surface area (Å²) in [7, 11) is 0. The smallest absolute Gasteiger partial charge is 0.664 e. The zero-order valence-corrected chi connectivity index (χ0v) is 13.5. The largest absolute Gasteiger partial charge is 2.00 e. The number of amides is 2. The van der Waals surface area contributed by atoms with Crippen molar-refractivity contribution in [1.82, 2.24) is 0 Å². The molecule has 0 unspecified atom stereocenters. The maximum atomic E-state index is 11.5. The van der Waals surface area contributed by atoms with Crippen LogP contribution in [0.3, 0.4) is 0 Å². The average Bonchev–Trinajstić information content (AvgIpc) is 3.23. The number of benzene rings is 1. The second-order valence-electron chi connectivity index (χ2n) is 4.39. The number of nitrogens with zero attached hydrogens (tertiary/aromatic N) is 3. The molecule has 0 saturated heterocycles. The van der Waals surface area contributed by atoms with Crippen LogP contribution in [0.15, 0.2) is 24.3 Å². The summed E-state index contributed by atoms with van der Waals surface area (Å²) in [6.45, 7) is 0. The fourth-order valence-electron chi connectivity index (χ4n) is 1.68. The van der Waals surface area contributed by atoms with E-state index < -0.39 is 11.0 Å².